The first-order valence-electron chi connectivity index (χ1n) is 6.87. The average molecular weight is 280 g/mol. The predicted octanol–water partition coefficient (Wildman–Crippen LogP) is 2.06. The molecule has 112 valence electrons. The van der Waals surface area contributed by atoms with Crippen molar-refractivity contribution in [3.63, 3.8) is 0 Å². The molecule has 1 rings (SSSR count). The molecule has 2 amide bonds. The highest BCUT2D eigenvalue weighted by Gasteiger charge is 2.17. The first-order valence-corrected chi connectivity index (χ1v) is 6.87. The Hall–Kier alpha value is -1.69. The first-order chi connectivity index (χ1) is 9.36. The van der Waals surface area contributed by atoms with Crippen LogP contribution in [0, 0.1) is 0 Å². The van der Waals surface area contributed by atoms with Crippen LogP contribution in [0.1, 0.15) is 46.4 Å². The van der Waals surface area contributed by atoms with Crippen molar-refractivity contribution in [1.82, 2.24) is 15.3 Å². The number of hydrogen-bond acceptors (Lipinski definition) is 4. The molecule has 0 aromatic carbocycles. The lowest BCUT2D eigenvalue weighted by Gasteiger charge is -2.17. The second-order valence-electron chi connectivity index (χ2n) is 5.76. The fourth-order valence-electron chi connectivity index (χ4n) is 1.67. The summed E-state index contributed by atoms with van der Waals surface area (Å²) in [5.41, 5.74) is 0.434. The van der Waals surface area contributed by atoms with E-state index in [1.807, 2.05) is 27.7 Å². The van der Waals surface area contributed by atoms with Gasteiger partial charge in [-0.1, -0.05) is 27.7 Å². The third-order valence-corrected chi connectivity index (χ3v) is 2.89. The Labute approximate surface area is 120 Å². The summed E-state index contributed by atoms with van der Waals surface area (Å²) in [5.74, 6) is 0.732. The lowest BCUT2D eigenvalue weighted by Crippen LogP contribution is -2.38. The van der Waals surface area contributed by atoms with Crippen molar-refractivity contribution in [2.75, 3.05) is 11.9 Å². The van der Waals surface area contributed by atoms with Gasteiger partial charge in [0.05, 0.1) is 18.1 Å². The second-order valence-corrected chi connectivity index (χ2v) is 5.76. The van der Waals surface area contributed by atoms with Gasteiger partial charge in [-0.15, -0.1) is 0 Å². The fraction of sp³-hybridized carbons (Fsp3) is 0.643. The summed E-state index contributed by atoms with van der Waals surface area (Å²) in [6, 6.07) is -0.341. The minimum Gasteiger partial charge on any atom is -0.396 e. The Morgan fingerprint density at radius 2 is 1.95 bits per heavy atom. The predicted molar refractivity (Wildman–Crippen MR) is 78.7 cm³/mol. The number of rotatable bonds is 5. The van der Waals surface area contributed by atoms with E-state index in [2.05, 4.69) is 20.6 Å². The fourth-order valence-corrected chi connectivity index (χ4v) is 1.67. The maximum Gasteiger partial charge on any atom is 0.319 e. The molecule has 0 spiro atoms. The number of carbonyl (C=O) groups excluding carboxylic acids is 1. The Balaban J connectivity index is 2.58. The molecular formula is C14H24N4O2. The van der Waals surface area contributed by atoms with Crippen LogP contribution in [0.3, 0.4) is 0 Å². The summed E-state index contributed by atoms with van der Waals surface area (Å²) in [5, 5.41) is 14.4. The molecule has 0 saturated carbocycles. The van der Waals surface area contributed by atoms with Gasteiger partial charge < -0.3 is 15.7 Å². The summed E-state index contributed by atoms with van der Waals surface area (Å²) < 4.78 is 0. The third-order valence-electron chi connectivity index (χ3n) is 2.89. The lowest BCUT2D eigenvalue weighted by molar-refractivity contribution is 0.237. The molecule has 0 aliphatic carbocycles. The molecular weight excluding hydrogens is 256 g/mol. The molecule has 1 aromatic rings. The van der Waals surface area contributed by atoms with Crippen molar-refractivity contribution in [3.05, 3.63) is 18.2 Å². The number of aromatic nitrogens is 2. The molecule has 0 fully saturated rings. The zero-order chi connectivity index (χ0) is 15.2. The van der Waals surface area contributed by atoms with E-state index in [9.17, 15) is 4.79 Å². The average Bonchev–Trinajstić information content (AvgIpc) is 2.37. The summed E-state index contributed by atoms with van der Waals surface area (Å²) in [6.07, 6.45) is 4.51. The minimum atomic E-state index is -0.308. The van der Waals surface area contributed by atoms with Gasteiger partial charge in [-0.25, -0.2) is 14.8 Å². The van der Waals surface area contributed by atoms with Crippen LogP contribution in [0.4, 0.5) is 10.5 Å². The highest BCUT2D eigenvalue weighted by Crippen LogP contribution is 2.18. The zero-order valence-electron chi connectivity index (χ0n) is 12.6. The van der Waals surface area contributed by atoms with Crippen molar-refractivity contribution < 1.29 is 9.90 Å². The molecule has 20 heavy (non-hydrogen) atoms. The van der Waals surface area contributed by atoms with Gasteiger partial charge in [-0.05, 0) is 12.8 Å². The number of nitrogens with one attached hydrogen (secondary N) is 2. The summed E-state index contributed by atoms with van der Waals surface area (Å²) in [4.78, 5) is 20.3. The molecule has 3 N–H and O–H groups in total. The number of carbonyl (C=O) groups is 1. The van der Waals surface area contributed by atoms with E-state index in [0.717, 1.165) is 12.2 Å². The van der Waals surface area contributed by atoms with Gasteiger partial charge >= 0.3 is 6.03 Å². The van der Waals surface area contributed by atoms with Crippen molar-refractivity contribution >= 4 is 11.7 Å². The Morgan fingerprint density at radius 3 is 2.40 bits per heavy atom. The van der Waals surface area contributed by atoms with Crippen LogP contribution in [-0.2, 0) is 5.41 Å². The molecule has 6 heteroatoms. The van der Waals surface area contributed by atoms with Crippen LogP contribution < -0.4 is 10.6 Å². The number of amides is 2. The monoisotopic (exact) mass is 280 g/mol. The van der Waals surface area contributed by atoms with Gasteiger partial charge in [-0.3, -0.25) is 0 Å². The molecule has 0 saturated heterocycles. The van der Waals surface area contributed by atoms with E-state index in [-0.39, 0.29) is 24.1 Å². The van der Waals surface area contributed by atoms with Crippen molar-refractivity contribution in [2.45, 2.75) is 52.0 Å². The van der Waals surface area contributed by atoms with E-state index in [0.29, 0.717) is 12.1 Å². The molecule has 0 radical (unpaired) electrons. The normalized spacial score (nSPS) is 12.8. The van der Waals surface area contributed by atoms with E-state index >= 15 is 0 Å². The number of anilines is 1. The van der Waals surface area contributed by atoms with Gasteiger partial charge in [0.25, 0.3) is 0 Å². The van der Waals surface area contributed by atoms with Gasteiger partial charge in [0.2, 0.25) is 0 Å². The molecule has 0 bridgehead atoms. The highest BCUT2D eigenvalue weighted by molar-refractivity contribution is 5.89. The summed E-state index contributed by atoms with van der Waals surface area (Å²) in [7, 11) is 0. The minimum absolute atomic E-state index is 0.0326. The molecule has 1 unspecified atom stereocenters. The first kappa shape index (κ1) is 16.4. The van der Waals surface area contributed by atoms with Crippen LogP contribution in [0.25, 0.3) is 0 Å². The summed E-state index contributed by atoms with van der Waals surface area (Å²) >= 11 is 0. The van der Waals surface area contributed by atoms with E-state index < -0.39 is 0 Å². The van der Waals surface area contributed by atoms with E-state index in [4.69, 9.17) is 5.11 Å². The van der Waals surface area contributed by atoms with Crippen molar-refractivity contribution in [1.29, 1.82) is 0 Å². The molecule has 0 aliphatic rings. The van der Waals surface area contributed by atoms with Crippen LogP contribution in [0.15, 0.2) is 12.4 Å². The van der Waals surface area contributed by atoms with E-state index in [1.54, 1.807) is 12.4 Å². The van der Waals surface area contributed by atoms with Gasteiger partial charge in [0.1, 0.15) is 5.82 Å². The Bertz CT molecular complexity index is 426. The second kappa shape index (κ2) is 7.19. The number of nitrogens with zero attached hydrogens (tertiary/aromatic N) is 2. The number of aliphatic hydroxyl groups excluding tert-OH is 1. The largest absolute Gasteiger partial charge is 0.396 e. The highest BCUT2D eigenvalue weighted by atomic mass is 16.3. The molecule has 1 aromatic heterocycles. The number of urea groups is 1. The van der Waals surface area contributed by atoms with E-state index in [1.165, 1.54) is 0 Å². The summed E-state index contributed by atoms with van der Waals surface area (Å²) in [6.45, 7) is 8.11. The number of hydrogen-bond donors (Lipinski definition) is 3. The third kappa shape index (κ3) is 5.13. The van der Waals surface area contributed by atoms with Crippen LogP contribution in [0.2, 0.25) is 0 Å². The Morgan fingerprint density at radius 1 is 1.35 bits per heavy atom. The lowest BCUT2D eigenvalue weighted by atomic mass is 9.96. The quantitative estimate of drug-likeness (QED) is 0.770. The van der Waals surface area contributed by atoms with Crippen LogP contribution in [-0.4, -0.2) is 33.8 Å². The zero-order valence-corrected chi connectivity index (χ0v) is 12.6. The van der Waals surface area contributed by atoms with Gasteiger partial charge in [0, 0.05) is 18.1 Å². The van der Waals surface area contributed by atoms with Gasteiger partial charge in [-0.2, -0.15) is 0 Å². The SMILES string of the molecule is CCC(CCO)NC(=O)Nc1cnc(C(C)(C)C)nc1. The molecule has 1 atom stereocenters. The Kier molecular flexibility index (Phi) is 5.88. The topological polar surface area (TPSA) is 87.1 Å². The van der Waals surface area contributed by atoms with Crippen molar-refractivity contribution in [2.24, 2.45) is 0 Å². The smallest absolute Gasteiger partial charge is 0.319 e. The van der Waals surface area contributed by atoms with Crippen LogP contribution >= 0.6 is 0 Å². The maximum absolute atomic E-state index is 11.8. The molecule has 0 aliphatic heterocycles. The molecule has 1 heterocycles. The van der Waals surface area contributed by atoms with Gasteiger partial charge in [0.15, 0.2) is 0 Å². The van der Waals surface area contributed by atoms with Crippen molar-refractivity contribution in [3.8, 4) is 0 Å². The standard InChI is InChI=1S/C14H24N4O2/c1-5-10(6-7-19)17-13(20)18-11-8-15-12(16-9-11)14(2,3)4/h8-10,19H,5-7H2,1-4H3,(H2,17,18,20). The maximum atomic E-state index is 11.8. The molecule has 6 nitrogen and oxygen atoms in total. The number of aliphatic hydroxyl groups is 1. The van der Waals surface area contributed by atoms with Crippen LogP contribution in [0.5, 0.6) is 0 Å².